The Morgan fingerprint density at radius 2 is 1.97 bits per heavy atom. The van der Waals surface area contributed by atoms with Crippen molar-refractivity contribution >= 4 is 28.6 Å². The summed E-state index contributed by atoms with van der Waals surface area (Å²) in [4.78, 5) is 25.6. The molecule has 0 aromatic carbocycles. The van der Waals surface area contributed by atoms with Gasteiger partial charge >= 0.3 is 11.9 Å². The molecule has 1 aliphatic rings. The van der Waals surface area contributed by atoms with Crippen molar-refractivity contribution in [3.8, 4) is 0 Å². The molecule has 0 spiro atoms. The molecular weight excluding hydrogens is 421 g/mol. The van der Waals surface area contributed by atoms with Crippen LogP contribution in [0.25, 0.3) is 0 Å². The number of fused-ring (bicyclic) bond motifs is 1. The Labute approximate surface area is 173 Å². The molecule has 10 heteroatoms. The minimum Gasteiger partial charge on any atom is -0.336 e. The van der Waals surface area contributed by atoms with Gasteiger partial charge in [0, 0.05) is 27.7 Å². The Kier molecular flexibility index (Phi) is 5.24. The van der Waals surface area contributed by atoms with E-state index >= 15 is 0 Å². The maximum Gasteiger partial charge on any atom is 0.425 e. The van der Waals surface area contributed by atoms with E-state index in [0.29, 0.717) is 34.5 Å². The number of alkyl halides is 3. The minimum atomic E-state index is -4.38. The van der Waals surface area contributed by atoms with Crippen molar-refractivity contribution in [2.45, 2.75) is 46.0 Å². The number of anilines is 1. The maximum atomic E-state index is 12.8. The summed E-state index contributed by atoms with van der Waals surface area (Å²) < 4.78 is 39.7. The SMILES string of the molecule is CCc1cc2c(s1)CCN(c1nc(C)n(Cc3ccc(C(F)(F)F)s3)c(=O)n1)C2. The number of rotatable bonds is 4. The van der Waals surface area contributed by atoms with Crippen molar-refractivity contribution in [3.05, 3.63) is 59.6 Å². The van der Waals surface area contributed by atoms with Gasteiger partial charge in [0.25, 0.3) is 0 Å². The Bertz CT molecular complexity index is 1100. The molecule has 4 rings (SSSR count). The fourth-order valence-electron chi connectivity index (χ4n) is 3.35. The maximum absolute atomic E-state index is 12.8. The molecule has 0 atom stereocenters. The first-order valence-corrected chi connectivity index (χ1v) is 10.8. The number of aryl methyl sites for hydroxylation is 2. The molecule has 0 saturated carbocycles. The van der Waals surface area contributed by atoms with Gasteiger partial charge in [-0.05, 0) is 43.5 Å². The molecule has 0 unspecified atom stereocenters. The zero-order valence-corrected chi connectivity index (χ0v) is 17.5. The lowest BCUT2D eigenvalue weighted by molar-refractivity contribution is -0.134. The van der Waals surface area contributed by atoms with E-state index in [9.17, 15) is 18.0 Å². The van der Waals surface area contributed by atoms with Crippen molar-refractivity contribution in [1.29, 1.82) is 0 Å². The average Bonchev–Trinajstić information content (AvgIpc) is 3.30. The van der Waals surface area contributed by atoms with Crippen LogP contribution in [-0.4, -0.2) is 21.1 Å². The lowest BCUT2D eigenvalue weighted by Crippen LogP contribution is -2.35. The Hall–Kier alpha value is -2.20. The first-order valence-electron chi connectivity index (χ1n) is 9.21. The van der Waals surface area contributed by atoms with Gasteiger partial charge in [-0.2, -0.15) is 23.1 Å². The van der Waals surface area contributed by atoms with E-state index < -0.39 is 16.7 Å². The molecule has 4 heterocycles. The van der Waals surface area contributed by atoms with E-state index in [4.69, 9.17) is 0 Å². The van der Waals surface area contributed by atoms with Crippen LogP contribution in [0.2, 0.25) is 0 Å². The van der Waals surface area contributed by atoms with E-state index in [1.807, 2.05) is 16.2 Å². The zero-order valence-electron chi connectivity index (χ0n) is 15.9. The van der Waals surface area contributed by atoms with E-state index in [1.54, 1.807) is 6.92 Å². The largest absolute Gasteiger partial charge is 0.425 e. The van der Waals surface area contributed by atoms with E-state index in [2.05, 4.69) is 23.0 Å². The predicted molar refractivity (Wildman–Crippen MR) is 108 cm³/mol. The molecule has 0 bridgehead atoms. The van der Waals surface area contributed by atoms with Gasteiger partial charge in [-0.15, -0.1) is 22.7 Å². The van der Waals surface area contributed by atoms with Crippen molar-refractivity contribution in [3.63, 3.8) is 0 Å². The third-order valence-electron chi connectivity index (χ3n) is 4.88. The number of aromatic nitrogens is 3. The van der Waals surface area contributed by atoms with Gasteiger partial charge in [-0.1, -0.05) is 6.92 Å². The first kappa shape index (κ1) is 20.1. The molecule has 0 radical (unpaired) electrons. The standard InChI is InChI=1S/C19H19F3N4OS2/c1-3-13-8-12-9-25(7-6-15(12)28-13)17-23-11(2)26(18(27)24-17)10-14-4-5-16(29-14)19(20,21)22/h4-5,8H,3,6-7,9-10H2,1-2H3. The van der Waals surface area contributed by atoms with Crippen LogP contribution >= 0.6 is 22.7 Å². The highest BCUT2D eigenvalue weighted by Gasteiger charge is 2.32. The smallest absolute Gasteiger partial charge is 0.336 e. The molecule has 154 valence electrons. The number of halogens is 3. The van der Waals surface area contributed by atoms with Crippen molar-refractivity contribution in [2.75, 3.05) is 11.4 Å². The van der Waals surface area contributed by atoms with Gasteiger partial charge in [-0.3, -0.25) is 4.57 Å². The van der Waals surface area contributed by atoms with Crippen LogP contribution < -0.4 is 10.6 Å². The summed E-state index contributed by atoms with van der Waals surface area (Å²) in [5, 5.41) is 0. The summed E-state index contributed by atoms with van der Waals surface area (Å²) in [7, 11) is 0. The lowest BCUT2D eigenvalue weighted by atomic mass is 10.1. The van der Waals surface area contributed by atoms with Gasteiger partial charge in [0.15, 0.2) is 0 Å². The summed E-state index contributed by atoms with van der Waals surface area (Å²) in [6.45, 7) is 5.24. The van der Waals surface area contributed by atoms with E-state index in [1.165, 1.54) is 26.0 Å². The average molecular weight is 441 g/mol. The van der Waals surface area contributed by atoms with Gasteiger partial charge in [0.05, 0.1) is 6.54 Å². The highest BCUT2D eigenvalue weighted by Crippen LogP contribution is 2.35. The summed E-state index contributed by atoms with van der Waals surface area (Å²) in [5.74, 6) is 0.813. The normalized spacial score (nSPS) is 14.3. The van der Waals surface area contributed by atoms with Crippen LogP contribution in [-0.2, 0) is 32.1 Å². The lowest BCUT2D eigenvalue weighted by Gasteiger charge is -2.27. The zero-order chi connectivity index (χ0) is 20.8. The number of nitrogens with zero attached hydrogens (tertiary/aromatic N) is 4. The molecule has 0 aliphatic carbocycles. The second-order valence-electron chi connectivity index (χ2n) is 6.89. The highest BCUT2D eigenvalue weighted by atomic mass is 32.1. The monoisotopic (exact) mass is 440 g/mol. The van der Waals surface area contributed by atoms with Crippen LogP contribution in [0, 0.1) is 6.92 Å². The van der Waals surface area contributed by atoms with E-state index in [-0.39, 0.29) is 6.54 Å². The number of hydrogen-bond acceptors (Lipinski definition) is 6. The van der Waals surface area contributed by atoms with Crippen LogP contribution in [0.15, 0.2) is 23.0 Å². The Morgan fingerprint density at radius 1 is 1.17 bits per heavy atom. The van der Waals surface area contributed by atoms with E-state index in [0.717, 1.165) is 25.5 Å². The fraction of sp³-hybridized carbons (Fsp3) is 0.421. The topological polar surface area (TPSA) is 51.0 Å². The number of hydrogen-bond donors (Lipinski definition) is 0. The third-order valence-corrected chi connectivity index (χ3v) is 7.38. The highest BCUT2D eigenvalue weighted by molar-refractivity contribution is 7.12. The Balaban J connectivity index is 1.56. The second kappa shape index (κ2) is 7.56. The second-order valence-corrected chi connectivity index (χ2v) is 9.28. The molecule has 1 aliphatic heterocycles. The summed E-state index contributed by atoms with van der Waals surface area (Å²) in [5.41, 5.74) is 0.751. The fourth-order valence-corrected chi connectivity index (χ4v) is 5.32. The van der Waals surface area contributed by atoms with Gasteiger partial charge in [0.2, 0.25) is 5.95 Å². The summed E-state index contributed by atoms with van der Waals surface area (Å²) in [6, 6.07) is 4.63. The van der Waals surface area contributed by atoms with Crippen LogP contribution in [0.5, 0.6) is 0 Å². The Morgan fingerprint density at radius 3 is 2.62 bits per heavy atom. The van der Waals surface area contributed by atoms with Crippen molar-refractivity contribution in [2.24, 2.45) is 0 Å². The summed E-state index contributed by atoms with van der Waals surface area (Å²) >= 11 is 2.47. The molecule has 0 fully saturated rings. The quantitative estimate of drug-likeness (QED) is 0.608. The van der Waals surface area contributed by atoms with Crippen molar-refractivity contribution in [1.82, 2.24) is 14.5 Å². The molecular formula is C19H19F3N4OS2. The predicted octanol–water partition coefficient (Wildman–Crippen LogP) is 4.26. The molecule has 3 aromatic rings. The third kappa shape index (κ3) is 4.09. The van der Waals surface area contributed by atoms with Gasteiger partial charge in [-0.25, -0.2) is 4.79 Å². The first-order chi connectivity index (χ1) is 13.7. The molecule has 3 aromatic heterocycles. The number of thiophene rings is 2. The molecule has 5 nitrogen and oxygen atoms in total. The van der Waals surface area contributed by atoms with Crippen LogP contribution in [0.1, 0.15) is 37.8 Å². The van der Waals surface area contributed by atoms with Crippen LogP contribution in [0.4, 0.5) is 19.1 Å². The molecule has 0 N–H and O–H groups in total. The van der Waals surface area contributed by atoms with Gasteiger partial charge in [0.1, 0.15) is 10.7 Å². The van der Waals surface area contributed by atoms with Crippen molar-refractivity contribution < 1.29 is 13.2 Å². The molecule has 0 amide bonds. The molecule has 29 heavy (non-hydrogen) atoms. The summed E-state index contributed by atoms with van der Waals surface area (Å²) in [6.07, 6.45) is -2.49. The van der Waals surface area contributed by atoms with Gasteiger partial charge < -0.3 is 4.90 Å². The van der Waals surface area contributed by atoms with Crippen LogP contribution in [0.3, 0.4) is 0 Å². The molecule has 0 saturated heterocycles. The minimum absolute atomic E-state index is 0.0280.